The molecule has 0 radical (unpaired) electrons. The van der Waals surface area contributed by atoms with Crippen LogP contribution in [-0.2, 0) is 6.61 Å². The molecule has 0 fully saturated rings. The minimum atomic E-state index is -0.372. The average Bonchev–Trinajstić information content (AvgIpc) is 2.85. The van der Waals surface area contributed by atoms with Gasteiger partial charge in [0, 0.05) is 29.7 Å². The highest BCUT2D eigenvalue weighted by Gasteiger charge is 2.17. The summed E-state index contributed by atoms with van der Waals surface area (Å²) < 4.78 is 19.0. The Bertz CT molecular complexity index is 1330. The molecule has 170 valence electrons. The zero-order chi connectivity index (χ0) is 23.9. The molecule has 0 saturated carbocycles. The summed E-state index contributed by atoms with van der Waals surface area (Å²) in [6, 6.07) is 21.5. The number of carbonyl (C=O) groups is 2. The first-order valence-electron chi connectivity index (χ1n) is 10.6. The number of nitrogens with one attached hydrogen (secondary N) is 2. The van der Waals surface area contributed by atoms with Crippen LogP contribution >= 0.6 is 0 Å². The minimum absolute atomic E-state index is 0.213. The van der Waals surface area contributed by atoms with E-state index in [2.05, 4.69) is 15.6 Å². The van der Waals surface area contributed by atoms with Crippen LogP contribution in [0.5, 0.6) is 5.75 Å². The van der Waals surface area contributed by atoms with Gasteiger partial charge >= 0.3 is 0 Å². The molecule has 3 aromatic carbocycles. The van der Waals surface area contributed by atoms with E-state index < -0.39 is 0 Å². The van der Waals surface area contributed by atoms with E-state index in [-0.39, 0.29) is 24.2 Å². The number of pyridine rings is 1. The van der Waals surface area contributed by atoms with E-state index in [1.165, 1.54) is 24.5 Å². The topological polar surface area (TPSA) is 80.3 Å². The van der Waals surface area contributed by atoms with Gasteiger partial charge in [-0.25, -0.2) is 4.39 Å². The molecule has 7 heteroatoms. The fraction of sp³-hybridized carbons (Fsp3) is 0.0741. The van der Waals surface area contributed by atoms with Crippen molar-refractivity contribution in [1.82, 2.24) is 4.98 Å². The van der Waals surface area contributed by atoms with Gasteiger partial charge in [-0.05, 0) is 60.5 Å². The monoisotopic (exact) mass is 455 g/mol. The van der Waals surface area contributed by atoms with Gasteiger partial charge in [-0.3, -0.25) is 14.6 Å². The van der Waals surface area contributed by atoms with Crippen LogP contribution in [0, 0.1) is 12.7 Å². The van der Waals surface area contributed by atoms with Crippen LogP contribution in [-0.4, -0.2) is 16.8 Å². The zero-order valence-corrected chi connectivity index (χ0v) is 18.4. The molecule has 0 atom stereocenters. The Morgan fingerprint density at radius 3 is 2.44 bits per heavy atom. The van der Waals surface area contributed by atoms with Crippen LogP contribution in [0.15, 0.2) is 91.3 Å². The highest BCUT2D eigenvalue weighted by molar-refractivity contribution is 6.13. The van der Waals surface area contributed by atoms with Gasteiger partial charge in [-0.15, -0.1) is 0 Å². The third kappa shape index (κ3) is 5.63. The van der Waals surface area contributed by atoms with Gasteiger partial charge in [-0.2, -0.15) is 0 Å². The smallest absolute Gasteiger partial charge is 0.257 e. The maximum absolute atomic E-state index is 13.3. The summed E-state index contributed by atoms with van der Waals surface area (Å²) in [7, 11) is 0. The van der Waals surface area contributed by atoms with Crippen molar-refractivity contribution in [3.8, 4) is 5.75 Å². The second-order valence-electron chi connectivity index (χ2n) is 7.59. The largest absolute Gasteiger partial charge is 0.489 e. The Hall–Kier alpha value is -4.52. The molecular weight excluding hydrogens is 433 g/mol. The summed E-state index contributed by atoms with van der Waals surface area (Å²) in [6.45, 7) is 2.04. The number of carbonyl (C=O) groups excluding carboxylic acids is 2. The van der Waals surface area contributed by atoms with Crippen molar-refractivity contribution in [3.63, 3.8) is 0 Å². The molecule has 1 aromatic heterocycles. The van der Waals surface area contributed by atoms with E-state index in [0.29, 0.717) is 28.3 Å². The normalized spacial score (nSPS) is 10.4. The number of amides is 2. The molecule has 4 aromatic rings. The maximum atomic E-state index is 13.3. The molecule has 0 aliphatic heterocycles. The molecule has 6 nitrogen and oxygen atoms in total. The molecule has 2 amide bonds. The van der Waals surface area contributed by atoms with E-state index in [9.17, 15) is 14.0 Å². The first kappa shape index (κ1) is 22.7. The lowest BCUT2D eigenvalue weighted by atomic mass is 10.1. The van der Waals surface area contributed by atoms with Crippen LogP contribution < -0.4 is 15.4 Å². The summed E-state index contributed by atoms with van der Waals surface area (Å²) in [6.07, 6.45) is 3.07. The van der Waals surface area contributed by atoms with E-state index >= 15 is 0 Å². The fourth-order valence-corrected chi connectivity index (χ4v) is 3.37. The summed E-state index contributed by atoms with van der Waals surface area (Å²) in [4.78, 5) is 29.7. The number of aryl methyl sites for hydroxylation is 1. The van der Waals surface area contributed by atoms with Crippen molar-refractivity contribution < 1.29 is 18.7 Å². The second kappa shape index (κ2) is 10.4. The van der Waals surface area contributed by atoms with Crippen LogP contribution in [0.4, 0.5) is 15.8 Å². The summed E-state index contributed by atoms with van der Waals surface area (Å²) in [5.74, 6) is -0.647. The number of hydrogen-bond acceptors (Lipinski definition) is 4. The summed E-state index contributed by atoms with van der Waals surface area (Å²) in [5.41, 5.74) is 3.34. The first-order chi connectivity index (χ1) is 16.5. The Balaban J connectivity index is 1.48. The molecule has 0 aliphatic rings. The van der Waals surface area contributed by atoms with Crippen molar-refractivity contribution in [2.24, 2.45) is 0 Å². The average molecular weight is 455 g/mol. The third-order valence-electron chi connectivity index (χ3n) is 5.08. The lowest BCUT2D eigenvalue weighted by Gasteiger charge is -2.14. The molecular formula is C27H22FN3O3. The van der Waals surface area contributed by atoms with Crippen LogP contribution in [0.1, 0.15) is 31.8 Å². The third-order valence-corrected chi connectivity index (χ3v) is 5.08. The van der Waals surface area contributed by atoms with Gasteiger partial charge in [0.15, 0.2) is 0 Å². The van der Waals surface area contributed by atoms with Crippen molar-refractivity contribution in [3.05, 3.63) is 119 Å². The van der Waals surface area contributed by atoms with Crippen molar-refractivity contribution >= 4 is 23.2 Å². The molecule has 0 aliphatic carbocycles. The highest BCUT2D eigenvalue weighted by Crippen LogP contribution is 2.23. The number of anilines is 2. The second-order valence-corrected chi connectivity index (χ2v) is 7.59. The first-order valence-corrected chi connectivity index (χ1v) is 10.6. The summed E-state index contributed by atoms with van der Waals surface area (Å²) >= 11 is 0. The van der Waals surface area contributed by atoms with Crippen LogP contribution in [0.3, 0.4) is 0 Å². The Morgan fingerprint density at radius 2 is 1.65 bits per heavy atom. The fourth-order valence-electron chi connectivity index (χ4n) is 3.37. The van der Waals surface area contributed by atoms with E-state index in [1.54, 1.807) is 54.6 Å². The van der Waals surface area contributed by atoms with Gasteiger partial charge in [0.05, 0.1) is 11.3 Å². The van der Waals surface area contributed by atoms with E-state index in [1.807, 2.05) is 19.1 Å². The van der Waals surface area contributed by atoms with Gasteiger partial charge < -0.3 is 15.4 Å². The maximum Gasteiger partial charge on any atom is 0.257 e. The van der Waals surface area contributed by atoms with Gasteiger partial charge in [0.25, 0.3) is 11.8 Å². The lowest BCUT2D eigenvalue weighted by molar-refractivity contribution is 0.102. The SMILES string of the molecule is Cc1cccc(C(=O)Nc2cccc(COc3cccc(F)c3)c2)c1NC(=O)c1ccncc1. The van der Waals surface area contributed by atoms with Crippen LogP contribution in [0.25, 0.3) is 0 Å². The molecule has 0 saturated heterocycles. The number of nitrogens with zero attached hydrogens (tertiary/aromatic N) is 1. The standard InChI is InChI=1S/C27H22FN3O3/c1-18-5-2-10-24(25(18)31-26(32)20-11-13-29-14-12-20)27(33)30-22-8-3-6-19(15-22)17-34-23-9-4-7-21(28)16-23/h2-16H,17H2,1H3,(H,30,33)(H,31,32). The highest BCUT2D eigenvalue weighted by atomic mass is 19.1. The number of rotatable bonds is 7. The predicted octanol–water partition coefficient (Wildman–Crippen LogP) is 5.61. The number of aromatic nitrogens is 1. The van der Waals surface area contributed by atoms with E-state index in [4.69, 9.17) is 4.74 Å². The molecule has 0 bridgehead atoms. The number of halogens is 1. The molecule has 2 N–H and O–H groups in total. The van der Waals surface area contributed by atoms with E-state index in [0.717, 1.165) is 11.1 Å². The summed E-state index contributed by atoms with van der Waals surface area (Å²) in [5, 5.41) is 5.71. The number of benzene rings is 3. The van der Waals surface area contributed by atoms with Crippen molar-refractivity contribution in [1.29, 1.82) is 0 Å². The Kier molecular flexibility index (Phi) is 6.93. The molecule has 0 spiro atoms. The number of para-hydroxylation sites is 1. The van der Waals surface area contributed by atoms with Crippen molar-refractivity contribution in [2.45, 2.75) is 13.5 Å². The molecule has 34 heavy (non-hydrogen) atoms. The molecule has 4 rings (SSSR count). The van der Waals surface area contributed by atoms with Gasteiger partial charge in [0.1, 0.15) is 18.2 Å². The van der Waals surface area contributed by atoms with Gasteiger partial charge in [-0.1, -0.05) is 30.3 Å². The Morgan fingerprint density at radius 1 is 0.882 bits per heavy atom. The van der Waals surface area contributed by atoms with Gasteiger partial charge in [0.2, 0.25) is 0 Å². The number of hydrogen-bond donors (Lipinski definition) is 2. The number of ether oxygens (including phenoxy) is 1. The molecule has 0 unspecified atom stereocenters. The predicted molar refractivity (Wildman–Crippen MR) is 128 cm³/mol. The Labute approximate surface area is 196 Å². The zero-order valence-electron chi connectivity index (χ0n) is 18.4. The lowest BCUT2D eigenvalue weighted by Crippen LogP contribution is -2.19. The quantitative estimate of drug-likeness (QED) is 0.379. The molecule has 1 heterocycles. The minimum Gasteiger partial charge on any atom is -0.489 e. The van der Waals surface area contributed by atoms with Crippen LogP contribution in [0.2, 0.25) is 0 Å². The van der Waals surface area contributed by atoms with Crippen molar-refractivity contribution in [2.75, 3.05) is 10.6 Å².